The first-order valence-corrected chi connectivity index (χ1v) is 12.0. The predicted octanol–water partition coefficient (Wildman–Crippen LogP) is 3.89. The average Bonchev–Trinajstić information content (AvgIpc) is 3.46. The van der Waals surface area contributed by atoms with Crippen LogP contribution < -0.4 is 10.6 Å². The van der Waals surface area contributed by atoms with E-state index in [2.05, 4.69) is 46.9 Å². The number of anilines is 2. The van der Waals surface area contributed by atoms with Gasteiger partial charge in [0.2, 0.25) is 5.95 Å². The highest BCUT2D eigenvalue weighted by Gasteiger charge is 2.27. The van der Waals surface area contributed by atoms with Crippen LogP contribution in [0.15, 0.2) is 41.4 Å². The molecule has 11 nitrogen and oxygen atoms in total. The minimum Gasteiger partial charge on any atom is -0.341 e. The Morgan fingerprint density at radius 1 is 1.17 bits per heavy atom. The van der Waals surface area contributed by atoms with Crippen LogP contribution in [0.2, 0.25) is 0 Å². The lowest BCUT2D eigenvalue weighted by atomic mass is 9.96. The van der Waals surface area contributed by atoms with Crippen molar-refractivity contribution in [3.8, 4) is 11.4 Å². The second-order valence-electron chi connectivity index (χ2n) is 10.0. The van der Waals surface area contributed by atoms with Crippen LogP contribution in [-0.4, -0.2) is 40.8 Å². The van der Waals surface area contributed by atoms with Gasteiger partial charge in [0.25, 0.3) is 0 Å². The van der Waals surface area contributed by atoms with Crippen molar-refractivity contribution in [3.63, 3.8) is 0 Å². The van der Waals surface area contributed by atoms with Gasteiger partial charge < -0.3 is 15.2 Å². The Balaban J connectivity index is 1.36. The third-order valence-corrected chi connectivity index (χ3v) is 6.09. The minimum absolute atomic E-state index is 0.0128. The molecule has 0 spiro atoms. The second kappa shape index (κ2) is 9.48. The van der Waals surface area contributed by atoms with Gasteiger partial charge in [-0.05, 0) is 36.5 Å². The summed E-state index contributed by atoms with van der Waals surface area (Å²) in [4.78, 5) is 30.4. The standard InChI is InChI=1S/C25H29N9O2/c1-25(2,3)23-32-22(36-33-23)21(35)30-19-8-6-5-7-15-11-16(9-10-18(15)19)20-26-14-27-24(31-20)29-17-12-28-34(4)13-17/h9-14,19H,5-8H2,1-4H3,(H,30,35)(H,26,27,29,31)/t19-/m1/s1. The van der Waals surface area contributed by atoms with Gasteiger partial charge in [-0.3, -0.25) is 9.48 Å². The molecule has 0 fully saturated rings. The Labute approximate surface area is 208 Å². The van der Waals surface area contributed by atoms with E-state index in [9.17, 15) is 4.79 Å². The zero-order valence-electron chi connectivity index (χ0n) is 20.8. The van der Waals surface area contributed by atoms with Crippen molar-refractivity contribution in [2.45, 2.75) is 57.9 Å². The summed E-state index contributed by atoms with van der Waals surface area (Å²) in [6, 6.07) is 5.99. The van der Waals surface area contributed by atoms with Crippen LogP contribution in [0, 0.1) is 0 Å². The maximum Gasteiger partial charge on any atom is 0.315 e. The lowest BCUT2D eigenvalue weighted by Crippen LogP contribution is -2.29. The van der Waals surface area contributed by atoms with Crippen molar-refractivity contribution in [2.75, 3.05) is 5.32 Å². The molecule has 1 amide bonds. The summed E-state index contributed by atoms with van der Waals surface area (Å²) in [6.45, 7) is 5.93. The second-order valence-corrected chi connectivity index (χ2v) is 10.0. The topological polar surface area (TPSA) is 137 Å². The Morgan fingerprint density at radius 2 is 2.03 bits per heavy atom. The largest absolute Gasteiger partial charge is 0.341 e. The molecule has 0 aliphatic heterocycles. The van der Waals surface area contributed by atoms with Gasteiger partial charge in [-0.1, -0.05) is 44.5 Å². The molecule has 1 atom stereocenters. The lowest BCUT2D eigenvalue weighted by Gasteiger charge is -2.19. The van der Waals surface area contributed by atoms with Crippen molar-refractivity contribution < 1.29 is 9.32 Å². The first kappa shape index (κ1) is 23.6. The Hall–Kier alpha value is -4.15. The summed E-state index contributed by atoms with van der Waals surface area (Å²) >= 11 is 0. The molecule has 3 heterocycles. The average molecular weight is 488 g/mol. The van der Waals surface area contributed by atoms with E-state index in [-0.39, 0.29) is 23.3 Å². The number of nitrogens with one attached hydrogen (secondary N) is 2. The highest BCUT2D eigenvalue weighted by molar-refractivity contribution is 5.89. The number of aryl methyl sites for hydroxylation is 2. The Kier molecular flexibility index (Phi) is 6.21. The summed E-state index contributed by atoms with van der Waals surface area (Å²) < 4.78 is 6.94. The molecule has 5 rings (SSSR count). The van der Waals surface area contributed by atoms with Crippen LogP contribution in [0.3, 0.4) is 0 Å². The van der Waals surface area contributed by atoms with Crippen LogP contribution in [0.4, 0.5) is 11.6 Å². The molecular formula is C25H29N9O2. The highest BCUT2D eigenvalue weighted by atomic mass is 16.5. The van der Waals surface area contributed by atoms with E-state index >= 15 is 0 Å². The van der Waals surface area contributed by atoms with Gasteiger partial charge in [-0.2, -0.15) is 15.1 Å². The SMILES string of the molecule is Cn1cc(Nc2ncnc(-c3ccc4c(c3)CCCC[C@H]4NC(=O)c3nc(C(C)(C)C)no3)n2)cn1. The summed E-state index contributed by atoms with van der Waals surface area (Å²) in [5.74, 6) is 1.16. The maximum absolute atomic E-state index is 12.9. The van der Waals surface area contributed by atoms with Crippen molar-refractivity contribution in [1.82, 2.24) is 40.2 Å². The van der Waals surface area contributed by atoms with Crippen molar-refractivity contribution in [2.24, 2.45) is 7.05 Å². The first-order valence-electron chi connectivity index (χ1n) is 12.0. The normalized spacial score (nSPS) is 15.7. The molecule has 2 N–H and O–H groups in total. The van der Waals surface area contributed by atoms with E-state index < -0.39 is 0 Å². The minimum atomic E-state index is -0.358. The number of carbonyl (C=O) groups is 1. The van der Waals surface area contributed by atoms with E-state index in [0.717, 1.165) is 42.5 Å². The molecule has 1 aliphatic carbocycles. The summed E-state index contributed by atoms with van der Waals surface area (Å²) in [7, 11) is 1.85. The zero-order chi connectivity index (χ0) is 25.3. The van der Waals surface area contributed by atoms with Crippen molar-refractivity contribution in [1.29, 1.82) is 0 Å². The van der Waals surface area contributed by atoms with E-state index in [1.54, 1.807) is 10.9 Å². The number of rotatable bonds is 5. The zero-order valence-corrected chi connectivity index (χ0v) is 20.8. The lowest BCUT2D eigenvalue weighted by molar-refractivity contribution is 0.0890. The third kappa shape index (κ3) is 5.09. The van der Waals surface area contributed by atoms with Gasteiger partial charge in [0.1, 0.15) is 6.33 Å². The van der Waals surface area contributed by atoms with Crippen LogP contribution >= 0.6 is 0 Å². The molecule has 11 heteroatoms. The molecule has 0 unspecified atom stereocenters. The fraction of sp³-hybridized carbons (Fsp3) is 0.400. The van der Waals surface area contributed by atoms with Crippen LogP contribution in [0.5, 0.6) is 0 Å². The van der Waals surface area contributed by atoms with E-state index in [0.29, 0.717) is 17.6 Å². The number of hydrogen-bond donors (Lipinski definition) is 2. The molecule has 0 saturated carbocycles. The van der Waals surface area contributed by atoms with Gasteiger partial charge in [0.05, 0.1) is 17.9 Å². The number of aromatic nitrogens is 7. The molecule has 3 aromatic heterocycles. The highest BCUT2D eigenvalue weighted by Crippen LogP contribution is 2.32. The van der Waals surface area contributed by atoms with Crippen molar-refractivity contribution in [3.05, 3.63) is 59.8 Å². The Bertz CT molecular complexity index is 1390. The van der Waals surface area contributed by atoms with Crippen LogP contribution in [-0.2, 0) is 18.9 Å². The molecule has 0 saturated heterocycles. The fourth-order valence-corrected chi connectivity index (χ4v) is 4.22. The number of fused-ring (bicyclic) bond motifs is 1. The van der Waals surface area contributed by atoms with Crippen molar-refractivity contribution >= 4 is 17.5 Å². The van der Waals surface area contributed by atoms with Gasteiger partial charge in [0.15, 0.2) is 11.6 Å². The molecule has 1 aliphatic rings. The smallest absolute Gasteiger partial charge is 0.315 e. The Morgan fingerprint density at radius 3 is 2.78 bits per heavy atom. The molecule has 0 radical (unpaired) electrons. The van der Waals surface area contributed by atoms with E-state index in [4.69, 9.17) is 4.52 Å². The number of benzene rings is 1. The quantitative estimate of drug-likeness (QED) is 0.402. The van der Waals surface area contributed by atoms with Gasteiger partial charge in [-0.15, -0.1) is 0 Å². The number of amides is 1. The summed E-state index contributed by atoms with van der Waals surface area (Å²) in [6.07, 6.45) is 8.82. The van der Waals surface area contributed by atoms with Gasteiger partial charge >= 0.3 is 11.8 Å². The molecular weight excluding hydrogens is 458 g/mol. The molecule has 186 valence electrons. The summed E-state index contributed by atoms with van der Waals surface area (Å²) in [5.41, 5.74) is 3.65. The monoisotopic (exact) mass is 487 g/mol. The molecule has 36 heavy (non-hydrogen) atoms. The molecule has 0 bridgehead atoms. The van der Waals surface area contributed by atoms with Gasteiger partial charge in [-0.25, -0.2) is 9.97 Å². The van der Waals surface area contributed by atoms with E-state index in [1.165, 1.54) is 11.9 Å². The van der Waals surface area contributed by atoms with Crippen LogP contribution in [0.25, 0.3) is 11.4 Å². The van der Waals surface area contributed by atoms with Crippen LogP contribution in [0.1, 0.15) is 73.7 Å². The first-order chi connectivity index (χ1) is 17.3. The molecule has 4 aromatic rings. The molecule has 1 aromatic carbocycles. The predicted molar refractivity (Wildman–Crippen MR) is 133 cm³/mol. The van der Waals surface area contributed by atoms with E-state index in [1.807, 2.05) is 46.1 Å². The van der Waals surface area contributed by atoms with Gasteiger partial charge in [0, 0.05) is 24.2 Å². The number of carbonyl (C=O) groups excluding carboxylic acids is 1. The maximum atomic E-state index is 12.9. The number of hydrogen-bond acceptors (Lipinski definition) is 9. The summed E-state index contributed by atoms with van der Waals surface area (Å²) in [5, 5.41) is 14.4. The fourth-order valence-electron chi connectivity index (χ4n) is 4.22. The number of nitrogens with zero attached hydrogens (tertiary/aromatic N) is 7. The third-order valence-electron chi connectivity index (χ3n) is 6.09.